The van der Waals surface area contributed by atoms with Crippen molar-refractivity contribution < 1.29 is 53.1 Å². The second-order valence-electron chi connectivity index (χ2n) is 16.3. The van der Waals surface area contributed by atoms with E-state index in [0.29, 0.717) is 22.6 Å². The topological polar surface area (TPSA) is 267 Å². The van der Waals surface area contributed by atoms with Crippen molar-refractivity contribution in [3.05, 3.63) is 12.2 Å². The molecule has 0 radical (unpaired) electrons. The number of nitrogens with zero attached hydrogens (tertiary/aromatic N) is 5. The molecule has 14 amide bonds. The Hall–Kier alpha value is -5.60. The van der Waals surface area contributed by atoms with E-state index in [4.69, 9.17) is 0 Å². The molecule has 0 unspecified atom stereocenters. The van der Waals surface area contributed by atoms with Crippen LogP contribution in [-0.4, -0.2) is 168 Å². The Balaban J connectivity index is 5.66. The first-order chi connectivity index (χ1) is 28.7. The normalized spacial score (nSPS) is 14.5. The Morgan fingerprint density at radius 1 is 0.645 bits per heavy atom. The molecule has 0 aliphatic rings. The Labute approximate surface area is 366 Å². The van der Waals surface area contributed by atoms with E-state index in [1.165, 1.54) is 42.0 Å². The second-order valence-corrected chi connectivity index (χ2v) is 16.3. The van der Waals surface area contributed by atoms with Crippen molar-refractivity contribution in [3.63, 3.8) is 0 Å². The zero-order valence-electron chi connectivity index (χ0n) is 39.2. The molecule has 0 saturated heterocycles. The molecule has 352 valence electrons. The number of hydrogen-bond acceptors (Lipinski definition) is 11. The molecular formula is C41H72N10O11. The molecule has 62 heavy (non-hydrogen) atoms. The molecule has 6 N–H and O–H groups in total. The fourth-order valence-corrected chi connectivity index (χ4v) is 6.08. The van der Waals surface area contributed by atoms with E-state index in [2.05, 4.69) is 21.3 Å². The predicted molar refractivity (Wildman–Crippen MR) is 231 cm³/mol. The van der Waals surface area contributed by atoms with E-state index in [0.717, 1.165) is 28.8 Å². The van der Waals surface area contributed by atoms with Crippen LogP contribution in [0.15, 0.2) is 12.2 Å². The summed E-state index contributed by atoms with van der Waals surface area (Å²) >= 11 is 0. The quantitative estimate of drug-likeness (QED) is 0.0957. The van der Waals surface area contributed by atoms with Gasteiger partial charge in [-0.05, 0) is 64.2 Å². The maximum Gasteiger partial charge on any atom is 0.333 e. The first-order valence-corrected chi connectivity index (χ1v) is 20.8. The number of nitrogens with one attached hydrogen (secondary N) is 5. The van der Waals surface area contributed by atoms with E-state index in [1.54, 1.807) is 27.7 Å². The van der Waals surface area contributed by atoms with Crippen molar-refractivity contribution in [2.45, 2.75) is 131 Å². The van der Waals surface area contributed by atoms with Gasteiger partial charge in [0.15, 0.2) is 0 Å². The second kappa shape index (κ2) is 26.7. The Bertz CT molecular complexity index is 1640. The van der Waals surface area contributed by atoms with Crippen LogP contribution in [0.4, 0.5) is 19.2 Å². The zero-order chi connectivity index (χ0) is 48.3. The van der Waals surface area contributed by atoms with Crippen LogP contribution in [0.5, 0.6) is 0 Å². The highest BCUT2D eigenvalue weighted by atomic mass is 16.3. The third kappa shape index (κ3) is 17.4. The zero-order valence-corrected chi connectivity index (χ0v) is 39.2. The van der Waals surface area contributed by atoms with Crippen molar-refractivity contribution in [2.24, 2.45) is 17.8 Å². The first-order valence-electron chi connectivity index (χ1n) is 20.8. The number of aliphatic hydroxyl groups is 1. The van der Waals surface area contributed by atoms with Gasteiger partial charge in [0.05, 0.1) is 12.5 Å². The molecule has 0 aromatic rings. The number of aliphatic hydroxyl groups excluding tert-OH is 1. The minimum atomic E-state index is -1.36. The average Bonchev–Trinajstić information content (AvgIpc) is 3.21. The molecule has 0 aromatic carbocycles. The number of amides is 14. The van der Waals surface area contributed by atoms with Crippen molar-refractivity contribution in [3.8, 4) is 0 Å². The van der Waals surface area contributed by atoms with Gasteiger partial charge in [0.1, 0.15) is 30.2 Å². The molecule has 21 heteroatoms. The van der Waals surface area contributed by atoms with Crippen LogP contribution in [0.3, 0.4) is 0 Å². The monoisotopic (exact) mass is 881 g/mol. The van der Waals surface area contributed by atoms with Gasteiger partial charge in [-0.1, -0.05) is 53.7 Å². The minimum Gasteiger partial charge on any atom is -0.392 e. The molecule has 0 fully saturated rings. The molecule has 21 nitrogen and oxygen atoms in total. The molecule has 0 aromatic heterocycles. The molecule has 0 spiro atoms. The highest BCUT2D eigenvalue weighted by Crippen LogP contribution is 2.17. The third-order valence-corrected chi connectivity index (χ3v) is 10.3. The molecule has 0 saturated carbocycles. The van der Waals surface area contributed by atoms with Gasteiger partial charge < -0.3 is 35.8 Å². The number of hydrogen-bond donors (Lipinski definition) is 6. The van der Waals surface area contributed by atoms with Gasteiger partial charge >= 0.3 is 24.1 Å². The summed E-state index contributed by atoms with van der Waals surface area (Å²) in [4.78, 5) is 135. The summed E-state index contributed by atoms with van der Waals surface area (Å²) in [6, 6.07) is -10.2. The standard InChI is InChI=1S/C41H72N10O11/c1-16-18-19-25(7)31(52)22-32(53)44-28(17-2)37(58)47(11)27(9)36(57)48(12)30(21-24(5)6)34(55)45-39(60)51(15)40(61)46-38(59)43-26(8)35(56)50(14)41(62)49(13)29(20-23(3)4)33(54)42-10/h16,18,23-31,52H,17,19-22H2,1-15H3,(H,42,54)(H,44,53)(H,45,55,60)(H2,43,46,59,61)/b18-16+/t25-,26+,27-,28+,29+,30+,31+/m1/s1. The molecule has 0 aliphatic carbocycles. The molecule has 0 aliphatic heterocycles. The molecule has 7 atom stereocenters. The lowest BCUT2D eigenvalue weighted by Crippen LogP contribution is -2.59. The Morgan fingerprint density at radius 3 is 1.65 bits per heavy atom. The predicted octanol–water partition coefficient (Wildman–Crippen LogP) is 1.60. The highest BCUT2D eigenvalue weighted by molar-refractivity contribution is 6.07. The largest absolute Gasteiger partial charge is 0.392 e. The number of carbonyl (C=O) groups is 10. The Kier molecular flexibility index (Phi) is 24.3. The van der Waals surface area contributed by atoms with Crippen LogP contribution < -0.4 is 26.6 Å². The van der Waals surface area contributed by atoms with Crippen molar-refractivity contribution >= 4 is 59.6 Å². The average molecular weight is 881 g/mol. The highest BCUT2D eigenvalue weighted by Gasteiger charge is 2.37. The van der Waals surface area contributed by atoms with Crippen LogP contribution in [0.1, 0.15) is 94.4 Å². The number of allylic oxidation sites excluding steroid dienone is 2. The van der Waals surface area contributed by atoms with Gasteiger partial charge in [-0.15, -0.1) is 0 Å². The summed E-state index contributed by atoms with van der Waals surface area (Å²) < 4.78 is 0. The summed E-state index contributed by atoms with van der Waals surface area (Å²) in [6.45, 7) is 15.3. The lowest BCUT2D eigenvalue weighted by molar-refractivity contribution is -0.148. The summed E-state index contributed by atoms with van der Waals surface area (Å²) in [5.41, 5.74) is 0. The minimum absolute atomic E-state index is 0.0403. The summed E-state index contributed by atoms with van der Waals surface area (Å²) in [7, 11) is 7.61. The SMILES string of the molecule is C/C=C/C[C@@H](C)[C@@H](O)CC(=O)N[C@@H](CC)C(=O)N(C)[C@H](C)C(=O)N(C)[C@@H](CC(C)C)C(=O)NC(=O)N(C)C(=O)NC(=O)N[C@@H](C)C(=O)N(C)C(=O)N(C)[C@@H](CC(C)C)C(=O)NC. The van der Waals surface area contributed by atoms with Crippen LogP contribution in [0.25, 0.3) is 0 Å². The van der Waals surface area contributed by atoms with Crippen molar-refractivity contribution in [1.29, 1.82) is 0 Å². The van der Waals surface area contributed by atoms with Crippen LogP contribution >= 0.6 is 0 Å². The smallest absolute Gasteiger partial charge is 0.333 e. The van der Waals surface area contributed by atoms with Gasteiger partial charge in [-0.3, -0.25) is 44.3 Å². The van der Waals surface area contributed by atoms with Crippen LogP contribution in [0.2, 0.25) is 0 Å². The summed E-state index contributed by atoms with van der Waals surface area (Å²) in [5.74, 6) is -4.39. The first kappa shape index (κ1) is 56.4. The molecule has 0 bridgehead atoms. The van der Waals surface area contributed by atoms with Gasteiger partial charge in [0.2, 0.25) is 23.6 Å². The number of rotatable bonds is 20. The number of urea groups is 4. The molecule has 0 rings (SSSR count). The van der Waals surface area contributed by atoms with Crippen molar-refractivity contribution in [2.75, 3.05) is 42.3 Å². The van der Waals surface area contributed by atoms with E-state index >= 15 is 0 Å². The van der Waals surface area contributed by atoms with Crippen LogP contribution in [0, 0.1) is 17.8 Å². The van der Waals surface area contributed by atoms with Gasteiger partial charge in [0.25, 0.3) is 11.8 Å². The number of carbonyl (C=O) groups excluding carboxylic acids is 10. The van der Waals surface area contributed by atoms with Gasteiger partial charge in [-0.2, -0.15) is 0 Å². The Morgan fingerprint density at radius 2 is 1.16 bits per heavy atom. The fourth-order valence-electron chi connectivity index (χ4n) is 6.08. The van der Waals surface area contributed by atoms with Crippen LogP contribution in [-0.2, 0) is 28.8 Å². The summed E-state index contributed by atoms with van der Waals surface area (Å²) in [5, 5.41) is 21.7. The van der Waals surface area contributed by atoms with Gasteiger partial charge in [-0.25, -0.2) is 24.1 Å². The summed E-state index contributed by atoms with van der Waals surface area (Å²) in [6.07, 6.45) is 3.71. The van der Waals surface area contributed by atoms with Gasteiger partial charge in [0, 0.05) is 42.3 Å². The van der Waals surface area contributed by atoms with E-state index in [9.17, 15) is 53.1 Å². The maximum atomic E-state index is 13.7. The molecule has 0 heterocycles. The number of likely N-dealkylation sites (N-methyl/N-ethyl adjacent to an activating group) is 5. The third-order valence-electron chi connectivity index (χ3n) is 10.3. The lowest BCUT2D eigenvalue weighted by Gasteiger charge is -2.34. The van der Waals surface area contributed by atoms with E-state index < -0.39 is 95.9 Å². The van der Waals surface area contributed by atoms with Crippen molar-refractivity contribution in [1.82, 2.24) is 51.1 Å². The van der Waals surface area contributed by atoms with E-state index in [-0.39, 0.29) is 37.0 Å². The van der Waals surface area contributed by atoms with E-state index in [1.807, 2.05) is 38.2 Å². The maximum absolute atomic E-state index is 13.7. The number of imide groups is 4. The molecular weight excluding hydrogens is 809 g/mol. The fraction of sp³-hybridized carbons (Fsp3) is 0.707. The lowest BCUT2D eigenvalue weighted by atomic mass is 9.97.